The van der Waals surface area contributed by atoms with Gasteiger partial charge in [-0.1, -0.05) is 0 Å². The lowest BCUT2D eigenvalue weighted by Crippen LogP contribution is -2.37. The predicted octanol–water partition coefficient (Wildman–Crippen LogP) is 2.12. The Balaban J connectivity index is 2.03. The number of carbonyl (C=O) groups is 3. The Kier molecular flexibility index (Phi) is 6.37. The molecule has 1 fully saturated rings. The molecule has 16 heteroatoms. The van der Waals surface area contributed by atoms with Crippen LogP contribution in [0.15, 0.2) is 30.2 Å². The molecule has 10 nitrogen and oxygen atoms in total. The van der Waals surface area contributed by atoms with Crippen molar-refractivity contribution in [1.29, 1.82) is 0 Å². The minimum absolute atomic E-state index is 0.0604. The smallest absolute Gasteiger partial charge is 0.416 e. The van der Waals surface area contributed by atoms with Crippen LogP contribution in [0.3, 0.4) is 0 Å². The summed E-state index contributed by atoms with van der Waals surface area (Å²) in [6.07, 6.45) is -8.46. The van der Waals surface area contributed by atoms with Crippen LogP contribution in [0.1, 0.15) is 11.1 Å². The molecule has 1 aromatic carbocycles. The van der Waals surface area contributed by atoms with Gasteiger partial charge in [-0.15, -0.1) is 5.10 Å². The average Bonchev–Trinajstić information content (AvgIpc) is 3.27. The number of alkyl halides is 6. The van der Waals surface area contributed by atoms with Crippen molar-refractivity contribution >= 4 is 24.1 Å². The lowest BCUT2D eigenvalue weighted by molar-refractivity contribution is -0.143. The van der Waals surface area contributed by atoms with Crippen molar-refractivity contribution < 1.29 is 50.9 Å². The minimum Gasteiger partial charge on any atom is -0.480 e. The summed E-state index contributed by atoms with van der Waals surface area (Å²) in [5, 5.41) is 21.7. The molecule has 0 radical (unpaired) electrons. The van der Waals surface area contributed by atoms with Gasteiger partial charge < -0.3 is 10.2 Å². The number of amides is 3. The quantitative estimate of drug-likeness (QED) is 0.358. The lowest BCUT2D eigenvalue weighted by atomic mass is 10.0. The summed E-state index contributed by atoms with van der Waals surface area (Å²) in [7, 11) is 0. The molecule has 1 aliphatic rings. The number of carboxylic acid groups (broad SMARTS) is 1. The number of β-amino-alcohol motifs (C(OH)–C–C–N with tert-alkyl or cyclic N) is 1. The van der Waals surface area contributed by atoms with Crippen LogP contribution in [0.5, 0.6) is 0 Å². The van der Waals surface area contributed by atoms with Crippen LogP contribution in [0, 0.1) is 0 Å². The molecule has 3 amide bonds. The van der Waals surface area contributed by atoms with Crippen molar-refractivity contribution in [2.45, 2.75) is 12.4 Å². The fourth-order valence-corrected chi connectivity index (χ4v) is 2.98. The van der Waals surface area contributed by atoms with E-state index in [1.54, 1.807) is 0 Å². The summed E-state index contributed by atoms with van der Waals surface area (Å²) >= 11 is 0. The number of hydrogen-bond acceptors (Lipinski definition) is 6. The summed E-state index contributed by atoms with van der Waals surface area (Å²) in [5.74, 6) is -3.13. The number of imide groups is 1. The Morgan fingerprint density at radius 1 is 1.00 bits per heavy atom. The molecule has 2 aromatic rings. The predicted molar refractivity (Wildman–Crippen MR) is 98.3 cm³/mol. The molecule has 0 atom stereocenters. The summed E-state index contributed by atoms with van der Waals surface area (Å²) < 4.78 is 79.3. The first-order valence-electron chi connectivity index (χ1n) is 9.11. The Labute approximate surface area is 185 Å². The van der Waals surface area contributed by atoms with Crippen molar-refractivity contribution in [3.8, 4) is 11.4 Å². The molecular weight excluding hydrogens is 480 g/mol. The molecule has 34 heavy (non-hydrogen) atoms. The van der Waals surface area contributed by atoms with Crippen molar-refractivity contribution in [1.82, 2.24) is 24.6 Å². The van der Waals surface area contributed by atoms with Gasteiger partial charge in [0, 0.05) is 5.56 Å². The molecule has 1 saturated heterocycles. The summed E-state index contributed by atoms with van der Waals surface area (Å²) in [6.45, 7) is -2.00. The number of aromatic nitrogens is 3. The van der Waals surface area contributed by atoms with E-state index in [0.717, 1.165) is 22.1 Å². The largest absolute Gasteiger partial charge is 0.480 e. The number of halogens is 6. The molecule has 1 aromatic heterocycles. The van der Waals surface area contributed by atoms with Gasteiger partial charge in [0.05, 0.1) is 30.5 Å². The van der Waals surface area contributed by atoms with Gasteiger partial charge in [0.25, 0.3) is 5.91 Å². The highest BCUT2D eigenvalue weighted by molar-refractivity contribution is 6.14. The first-order chi connectivity index (χ1) is 15.7. The van der Waals surface area contributed by atoms with Crippen molar-refractivity contribution in [2.75, 3.05) is 19.7 Å². The molecule has 0 bridgehead atoms. The SMILES string of the molecule is O=C(O)CN1C(=O)/C(=C/n2cnc(-c3cc(C(F)(F)F)cc(C(F)(F)F)c3)n2)N(CCO)C1=O. The third kappa shape index (κ3) is 5.00. The third-order valence-corrected chi connectivity index (χ3v) is 4.44. The molecule has 2 N–H and O–H groups in total. The van der Waals surface area contributed by atoms with Gasteiger partial charge in [-0.3, -0.25) is 14.5 Å². The van der Waals surface area contributed by atoms with E-state index in [9.17, 15) is 40.7 Å². The van der Waals surface area contributed by atoms with Crippen LogP contribution >= 0.6 is 0 Å². The number of nitrogens with zero attached hydrogens (tertiary/aromatic N) is 5. The number of aliphatic carboxylic acids is 1. The van der Waals surface area contributed by atoms with E-state index in [1.165, 1.54) is 0 Å². The number of carbonyl (C=O) groups excluding carboxylic acids is 2. The van der Waals surface area contributed by atoms with E-state index >= 15 is 0 Å². The molecule has 182 valence electrons. The molecule has 0 spiro atoms. The van der Waals surface area contributed by atoms with E-state index in [4.69, 9.17) is 10.2 Å². The molecule has 2 heterocycles. The summed E-state index contributed by atoms with van der Waals surface area (Å²) in [4.78, 5) is 40.4. The second-order valence-corrected chi connectivity index (χ2v) is 6.80. The van der Waals surface area contributed by atoms with E-state index < -0.39 is 78.2 Å². The third-order valence-electron chi connectivity index (χ3n) is 4.44. The number of rotatable bonds is 6. The molecule has 0 saturated carbocycles. The van der Waals surface area contributed by atoms with E-state index in [0.29, 0.717) is 17.0 Å². The zero-order valence-corrected chi connectivity index (χ0v) is 16.6. The van der Waals surface area contributed by atoms with Crippen LogP contribution in [0.4, 0.5) is 31.1 Å². The standard InChI is InChI=1S/C18H13F6N5O5/c19-17(20,21)10-3-9(4-11(5-10)18(22,23)24)14-25-8-27(26-14)6-12-15(33)29(7-13(31)32)16(34)28(12)1-2-30/h3-6,8,30H,1-2,7H2,(H,31,32)/b12-6-. The van der Waals surface area contributed by atoms with Crippen molar-refractivity contribution in [3.05, 3.63) is 41.4 Å². The van der Waals surface area contributed by atoms with Gasteiger partial charge in [0.15, 0.2) is 5.82 Å². The number of aliphatic hydroxyl groups is 1. The number of aliphatic hydroxyl groups excluding tert-OH is 1. The fourth-order valence-electron chi connectivity index (χ4n) is 2.98. The molecular formula is C18H13F6N5O5. The normalized spacial score (nSPS) is 16.1. The zero-order chi connectivity index (χ0) is 25.4. The number of benzene rings is 1. The van der Waals surface area contributed by atoms with Gasteiger partial charge in [-0.2, -0.15) is 26.3 Å². The van der Waals surface area contributed by atoms with E-state index in [-0.39, 0.29) is 6.07 Å². The second-order valence-electron chi connectivity index (χ2n) is 6.80. The minimum atomic E-state index is -5.09. The summed E-state index contributed by atoms with van der Waals surface area (Å²) in [6, 6.07) is -0.284. The van der Waals surface area contributed by atoms with Gasteiger partial charge in [-0.05, 0) is 18.2 Å². The number of hydrogen-bond donors (Lipinski definition) is 2. The zero-order valence-electron chi connectivity index (χ0n) is 16.6. The lowest BCUT2D eigenvalue weighted by Gasteiger charge is -2.14. The first kappa shape index (κ1) is 24.7. The van der Waals surface area contributed by atoms with Crippen LogP contribution in [0.25, 0.3) is 17.6 Å². The molecule has 1 aliphatic heterocycles. The summed E-state index contributed by atoms with van der Waals surface area (Å²) in [5.41, 5.74) is -4.23. The van der Waals surface area contributed by atoms with Crippen LogP contribution in [-0.2, 0) is 21.9 Å². The Hall–Kier alpha value is -3.95. The Morgan fingerprint density at radius 3 is 2.09 bits per heavy atom. The van der Waals surface area contributed by atoms with E-state index in [1.807, 2.05) is 0 Å². The van der Waals surface area contributed by atoms with Gasteiger partial charge >= 0.3 is 24.4 Å². The van der Waals surface area contributed by atoms with Gasteiger partial charge in [-0.25, -0.2) is 19.4 Å². The van der Waals surface area contributed by atoms with Crippen LogP contribution in [-0.4, -0.2) is 72.4 Å². The maximum absolute atomic E-state index is 13.1. The molecule has 0 aliphatic carbocycles. The van der Waals surface area contributed by atoms with Gasteiger partial charge in [0.2, 0.25) is 0 Å². The first-order valence-corrected chi connectivity index (χ1v) is 9.11. The van der Waals surface area contributed by atoms with E-state index in [2.05, 4.69) is 10.1 Å². The fraction of sp³-hybridized carbons (Fsp3) is 0.278. The maximum Gasteiger partial charge on any atom is 0.416 e. The topological polar surface area (TPSA) is 129 Å². The second kappa shape index (κ2) is 8.77. The van der Waals surface area contributed by atoms with Crippen LogP contribution in [0.2, 0.25) is 0 Å². The Bertz CT molecular complexity index is 1140. The Morgan fingerprint density at radius 2 is 1.59 bits per heavy atom. The monoisotopic (exact) mass is 493 g/mol. The number of carboxylic acids is 1. The highest BCUT2D eigenvalue weighted by Crippen LogP contribution is 2.38. The number of urea groups is 1. The average molecular weight is 493 g/mol. The molecule has 3 rings (SSSR count). The van der Waals surface area contributed by atoms with Crippen molar-refractivity contribution in [3.63, 3.8) is 0 Å². The van der Waals surface area contributed by atoms with Crippen molar-refractivity contribution in [2.24, 2.45) is 0 Å². The highest BCUT2D eigenvalue weighted by Gasteiger charge is 2.42. The molecule has 0 unspecified atom stereocenters. The van der Waals surface area contributed by atoms with Crippen LogP contribution < -0.4 is 0 Å². The van der Waals surface area contributed by atoms with Gasteiger partial charge in [0.1, 0.15) is 18.6 Å². The highest BCUT2D eigenvalue weighted by atomic mass is 19.4. The maximum atomic E-state index is 13.1.